The van der Waals surface area contributed by atoms with Crippen LogP contribution in [0.3, 0.4) is 0 Å². The Morgan fingerprint density at radius 3 is 3.00 bits per heavy atom. The van der Waals surface area contributed by atoms with Crippen LogP contribution in [0.15, 0.2) is 0 Å². The van der Waals surface area contributed by atoms with Crippen molar-refractivity contribution >= 4 is 11.9 Å². The fourth-order valence-electron chi connectivity index (χ4n) is 1.92. The molecule has 1 aromatic heterocycles. The molecule has 1 fully saturated rings. The second-order valence-corrected chi connectivity index (χ2v) is 4.22. The largest absolute Gasteiger partial charge is 0.464 e. The fraction of sp³-hybridized carbons (Fsp3) is 0.727. The number of rotatable bonds is 5. The molecule has 7 nitrogen and oxygen atoms in total. The number of hydrogen-bond acceptors (Lipinski definition) is 7. The van der Waals surface area contributed by atoms with E-state index in [2.05, 4.69) is 20.3 Å². The zero-order valence-electron chi connectivity index (χ0n) is 10.7. The molecule has 1 saturated heterocycles. The number of ether oxygens (including phenoxy) is 2. The molecule has 3 N–H and O–H groups in total. The van der Waals surface area contributed by atoms with Crippen molar-refractivity contribution in [2.24, 2.45) is 0 Å². The number of hydrogen-bond donors (Lipinski definition) is 2. The third kappa shape index (κ3) is 3.19. The highest BCUT2D eigenvalue weighted by Crippen LogP contribution is 2.18. The molecule has 100 valence electrons. The SMILES string of the molecule is CCOc1nc(N)nc(NC(C)C2CCCO2)n1. The van der Waals surface area contributed by atoms with Crippen molar-refractivity contribution in [1.82, 2.24) is 15.0 Å². The first-order chi connectivity index (χ1) is 8.69. The first-order valence-electron chi connectivity index (χ1n) is 6.21. The number of nitrogen functional groups attached to an aromatic ring is 1. The van der Waals surface area contributed by atoms with Crippen molar-refractivity contribution in [3.63, 3.8) is 0 Å². The minimum absolute atomic E-state index is 0.128. The van der Waals surface area contributed by atoms with Gasteiger partial charge in [-0.25, -0.2) is 0 Å². The van der Waals surface area contributed by atoms with Crippen LogP contribution in [0.2, 0.25) is 0 Å². The van der Waals surface area contributed by atoms with Crippen LogP contribution in [-0.2, 0) is 4.74 Å². The third-order valence-electron chi connectivity index (χ3n) is 2.78. The van der Waals surface area contributed by atoms with Gasteiger partial charge in [0, 0.05) is 6.61 Å². The second-order valence-electron chi connectivity index (χ2n) is 4.22. The normalized spacial score (nSPS) is 20.7. The van der Waals surface area contributed by atoms with E-state index in [1.807, 2.05) is 13.8 Å². The number of nitrogens with two attached hydrogens (primary N) is 1. The summed E-state index contributed by atoms with van der Waals surface area (Å²) in [6.07, 6.45) is 2.34. The molecule has 0 aromatic carbocycles. The Balaban J connectivity index is 2.03. The summed E-state index contributed by atoms with van der Waals surface area (Å²) in [5.74, 6) is 0.574. The predicted molar refractivity (Wildman–Crippen MR) is 67.5 cm³/mol. The van der Waals surface area contributed by atoms with Gasteiger partial charge in [-0.1, -0.05) is 0 Å². The predicted octanol–water partition coefficient (Wildman–Crippen LogP) is 0.832. The van der Waals surface area contributed by atoms with E-state index in [1.54, 1.807) is 0 Å². The van der Waals surface area contributed by atoms with E-state index >= 15 is 0 Å². The van der Waals surface area contributed by atoms with Crippen LogP contribution in [0.5, 0.6) is 6.01 Å². The molecular formula is C11H19N5O2. The maximum Gasteiger partial charge on any atom is 0.323 e. The van der Waals surface area contributed by atoms with Crippen molar-refractivity contribution in [3.8, 4) is 6.01 Å². The summed E-state index contributed by atoms with van der Waals surface area (Å²) in [4.78, 5) is 12.1. The average molecular weight is 253 g/mol. The quantitative estimate of drug-likeness (QED) is 0.802. The summed E-state index contributed by atoms with van der Waals surface area (Å²) in [6, 6.07) is 0.371. The van der Waals surface area contributed by atoms with Crippen LogP contribution in [-0.4, -0.2) is 40.3 Å². The highest BCUT2D eigenvalue weighted by atomic mass is 16.5. The molecule has 7 heteroatoms. The van der Waals surface area contributed by atoms with Gasteiger partial charge in [0.05, 0.1) is 18.8 Å². The lowest BCUT2D eigenvalue weighted by Gasteiger charge is -2.19. The van der Waals surface area contributed by atoms with Gasteiger partial charge in [0.25, 0.3) is 0 Å². The molecule has 0 spiro atoms. The van der Waals surface area contributed by atoms with Gasteiger partial charge in [-0.3, -0.25) is 0 Å². The smallest absolute Gasteiger partial charge is 0.323 e. The molecule has 0 aliphatic carbocycles. The molecule has 2 rings (SSSR count). The second kappa shape index (κ2) is 5.81. The van der Waals surface area contributed by atoms with Gasteiger partial charge < -0.3 is 20.5 Å². The van der Waals surface area contributed by atoms with Crippen molar-refractivity contribution in [2.45, 2.75) is 38.8 Å². The summed E-state index contributed by atoms with van der Waals surface area (Å²) in [7, 11) is 0. The van der Waals surface area contributed by atoms with Crippen LogP contribution in [0.4, 0.5) is 11.9 Å². The summed E-state index contributed by atoms with van der Waals surface area (Å²) >= 11 is 0. The van der Waals surface area contributed by atoms with Gasteiger partial charge in [-0.2, -0.15) is 15.0 Å². The number of aromatic nitrogens is 3. The lowest BCUT2D eigenvalue weighted by atomic mass is 10.1. The van der Waals surface area contributed by atoms with Gasteiger partial charge in [-0.05, 0) is 26.7 Å². The first-order valence-corrected chi connectivity index (χ1v) is 6.21. The van der Waals surface area contributed by atoms with Gasteiger partial charge in [0.2, 0.25) is 11.9 Å². The molecule has 1 aliphatic rings. The van der Waals surface area contributed by atoms with E-state index in [9.17, 15) is 0 Å². The van der Waals surface area contributed by atoms with E-state index in [-0.39, 0.29) is 24.1 Å². The van der Waals surface area contributed by atoms with Gasteiger partial charge in [0.1, 0.15) is 0 Å². The van der Waals surface area contributed by atoms with Gasteiger partial charge >= 0.3 is 6.01 Å². The Kier molecular flexibility index (Phi) is 4.14. The fourth-order valence-corrected chi connectivity index (χ4v) is 1.92. The van der Waals surface area contributed by atoms with E-state index in [0.29, 0.717) is 12.6 Å². The van der Waals surface area contributed by atoms with Crippen LogP contribution < -0.4 is 15.8 Å². The van der Waals surface area contributed by atoms with Crippen LogP contribution in [0.1, 0.15) is 26.7 Å². The Morgan fingerprint density at radius 1 is 1.50 bits per heavy atom. The highest BCUT2D eigenvalue weighted by Gasteiger charge is 2.23. The van der Waals surface area contributed by atoms with Gasteiger partial charge in [-0.15, -0.1) is 0 Å². The molecule has 0 amide bonds. The van der Waals surface area contributed by atoms with E-state index in [0.717, 1.165) is 19.4 Å². The minimum atomic E-state index is 0.128. The standard InChI is InChI=1S/C11H19N5O2/c1-3-17-11-15-9(12)14-10(16-11)13-7(2)8-5-4-6-18-8/h7-8H,3-6H2,1-2H3,(H3,12,13,14,15,16). The Hall–Kier alpha value is -1.63. The molecule has 2 heterocycles. The van der Waals surface area contributed by atoms with Gasteiger partial charge in [0.15, 0.2) is 0 Å². The summed E-state index contributed by atoms with van der Waals surface area (Å²) < 4.78 is 10.8. The van der Waals surface area contributed by atoms with Crippen molar-refractivity contribution < 1.29 is 9.47 Å². The first kappa shape index (κ1) is 12.8. The van der Waals surface area contributed by atoms with Crippen molar-refractivity contribution in [3.05, 3.63) is 0 Å². The average Bonchev–Trinajstić information content (AvgIpc) is 2.81. The molecule has 0 saturated carbocycles. The number of anilines is 2. The lowest BCUT2D eigenvalue weighted by Crippen LogP contribution is -2.31. The third-order valence-corrected chi connectivity index (χ3v) is 2.78. The number of nitrogens with one attached hydrogen (secondary N) is 1. The topological polar surface area (TPSA) is 95.2 Å². The Bertz CT molecular complexity index is 395. The Labute approximate surface area is 106 Å². The van der Waals surface area contributed by atoms with Crippen LogP contribution in [0, 0.1) is 0 Å². The maximum absolute atomic E-state index is 5.61. The van der Waals surface area contributed by atoms with E-state index < -0.39 is 0 Å². The number of nitrogens with zero attached hydrogens (tertiary/aromatic N) is 3. The van der Waals surface area contributed by atoms with E-state index in [4.69, 9.17) is 15.2 Å². The van der Waals surface area contributed by atoms with Crippen molar-refractivity contribution in [1.29, 1.82) is 0 Å². The Morgan fingerprint density at radius 2 is 2.33 bits per heavy atom. The molecule has 1 aromatic rings. The minimum Gasteiger partial charge on any atom is -0.464 e. The maximum atomic E-state index is 5.61. The molecule has 0 radical (unpaired) electrons. The van der Waals surface area contributed by atoms with Crippen molar-refractivity contribution in [2.75, 3.05) is 24.3 Å². The molecule has 2 unspecified atom stereocenters. The van der Waals surface area contributed by atoms with Crippen LogP contribution in [0.25, 0.3) is 0 Å². The molecule has 0 bridgehead atoms. The molecule has 2 atom stereocenters. The molecule has 18 heavy (non-hydrogen) atoms. The van der Waals surface area contributed by atoms with Crippen LogP contribution >= 0.6 is 0 Å². The van der Waals surface area contributed by atoms with E-state index in [1.165, 1.54) is 0 Å². The highest BCUT2D eigenvalue weighted by molar-refractivity contribution is 5.33. The lowest BCUT2D eigenvalue weighted by molar-refractivity contribution is 0.0994. The summed E-state index contributed by atoms with van der Waals surface area (Å²) in [6.45, 7) is 5.21. The zero-order chi connectivity index (χ0) is 13.0. The molecular weight excluding hydrogens is 234 g/mol. The summed E-state index contributed by atoms with van der Waals surface area (Å²) in [5.41, 5.74) is 5.61. The monoisotopic (exact) mass is 253 g/mol. The molecule has 1 aliphatic heterocycles. The zero-order valence-corrected chi connectivity index (χ0v) is 10.7. The summed E-state index contributed by atoms with van der Waals surface area (Å²) in [5, 5.41) is 3.18.